The zero-order chi connectivity index (χ0) is 15.2. The number of hydrogen-bond donors (Lipinski definition) is 1. The molecule has 2 rings (SSSR count). The molecule has 0 unspecified atom stereocenters. The first-order valence-corrected chi connectivity index (χ1v) is 8.71. The molecule has 1 saturated heterocycles. The Morgan fingerprint density at radius 2 is 2.00 bits per heavy atom. The molecule has 0 aromatic carbocycles. The molecule has 2 heterocycles. The third-order valence-corrected chi connectivity index (χ3v) is 4.94. The van der Waals surface area contributed by atoms with Crippen LogP contribution < -0.4 is 5.32 Å². The lowest BCUT2D eigenvalue weighted by molar-refractivity contribution is -0.136. The number of thiophene rings is 1. The number of hydrogen-bond acceptors (Lipinski definition) is 3. The molecule has 116 valence electrons. The van der Waals surface area contributed by atoms with E-state index in [0.717, 1.165) is 44.3 Å². The molecular formula is C16H24N2O2S. The largest absolute Gasteiger partial charge is 0.349 e. The van der Waals surface area contributed by atoms with Crippen molar-refractivity contribution in [2.24, 2.45) is 5.92 Å². The normalized spacial score (nSPS) is 16.2. The first-order chi connectivity index (χ1) is 10.2. The predicted octanol–water partition coefficient (Wildman–Crippen LogP) is 2.91. The van der Waals surface area contributed by atoms with E-state index in [1.54, 1.807) is 0 Å². The highest BCUT2D eigenvalue weighted by Crippen LogP contribution is 2.18. The summed E-state index contributed by atoms with van der Waals surface area (Å²) in [5.74, 6) is 0.436. The molecule has 1 aliphatic rings. The summed E-state index contributed by atoms with van der Waals surface area (Å²) in [5, 5.41) is 6.84. The molecule has 1 aromatic rings. The summed E-state index contributed by atoms with van der Waals surface area (Å²) >= 11 is 1.53. The van der Waals surface area contributed by atoms with Crippen LogP contribution in [0, 0.1) is 5.92 Å². The van der Waals surface area contributed by atoms with Crippen molar-refractivity contribution in [1.82, 2.24) is 10.2 Å². The van der Waals surface area contributed by atoms with Gasteiger partial charge in [0.1, 0.15) is 0 Å². The van der Waals surface area contributed by atoms with Crippen LogP contribution in [0.4, 0.5) is 0 Å². The highest BCUT2D eigenvalue weighted by Gasteiger charge is 2.27. The van der Waals surface area contributed by atoms with Gasteiger partial charge < -0.3 is 10.2 Å². The van der Waals surface area contributed by atoms with E-state index in [9.17, 15) is 9.59 Å². The molecule has 1 fully saturated rings. The van der Waals surface area contributed by atoms with Crippen LogP contribution in [0.2, 0.25) is 0 Å². The fourth-order valence-corrected chi connectivity index (χ4v) is 3.44. The molecule has 21 heavy (non-hydrogen) atoms. The van der Waals surface area contributed by atoms with Gasteiger partial charge in [-0.25, -0.2) is 0 Å². The van der Waals surface area contributed by atoms with E-state index < -0.39 is 0 Å². The molecule has 0 bridgehead atoms. The lowest BCUT2D eigenvalue weighted by Crippen LogP contribution is -2.48. The number of amides is 2. The van der Waals surface area contributed by atoms with Gasteiger partial charge in [0.05, 0.1) is 0 Å². The number of carbonyl (C=O) groups excluding carboxylic acids is 2. The molecule has 1 N–H and O–H groups in total. The van der Waals surface area contributed by atoms with Gasteiger partial charge >= 0.3 is 0 Å². The van der Waals surface area contributed by atoms with Crippen molar-refractivity contribution in [2.45, 2.75) is 45.6 Å². The maximum Gasteiger partial charge on any atom is 0.252 e. The van der Waals surface area contributed by atoms with Crippen molar-refractivity contribution in [3.63, 3.8) is 0 Å². The van der Waals surface area contributed by atoms with Crippen molar-refractivity contribution >= 4 is 23.2 Å². The van der Waals surface area contributed by atoms with Crippen molar-refractivity contribution in [2.75, 3.05) is 13.1 Å². The Morgan fingerprint density at radius 3 is 2.52 bits per heavy atom. The summed E-state index contributed by atoms with van der Waals surface area (Å²) < 4.78 is 0. The molecule has 2 amide bonds. The summed E-state index contributed by atoms with van der Waals surface area (Å²) in [6.07, 6.45) is 3.51. The quantitative estimate of drug-likeness (QED) is 0.909. The van der Waals surface area contributed by atoms with Crippen LogP contribution in [0.25, 0.3) is 0 Å². The van der Waals surface area contributed by atoms with Crippen LogP contribution >= 0.6 is 11.3 Å². The first-order valence-electron chi connectivity index (χ1n) is 7.77. The van der Waals surface area contributed by atoms with Crippen LogP contribution in [-0.2, 0) is 4.79 Å². The van der Waals surface area contributed by atoms with Gasteiger partial charge in [0, 0.05) is 36.0 Å². The minimum Gasteiger partial charge on any atom is -0.349 e. The second-order valence-corrected chi connectivity index (χ2v) is 6.38. The monoisotopic (exact) mass is 308 g/mol. The maximum absolute atomic E-state index is 12.3. The molecule has 1 aromatic heterocycles. The third kappa shape index (κ3) is 4.06. The molecule has 0 atom stereocenters. The fraction of sp³-hybridized carbons (Fsp3) is 0.625. The van der Waals surface area contributed by atoms with E-state index in [-0.39, 0.29) is 23.8 Å². The fourth-order valence-electron chi connectivity index (χ4n) is 2.80. The first kappa shape index (κ1) is 16.0. The lowest BCUT2D eigenvalue weighted by atomic mass is 9.98. The maximum atomic E-state index is 12.3. The van der Waals surface area contributed by atoms with Crippen LogP contribution in [0.15, 0.2) is 16.8 Å². The minimum absolute atomic E-state index is 0.000944. The molecule has 1 aliphatic heterocycles. The number of carbonyl (C=O) groups is 2. The second kappa shape index (κ2) is 7.59. The Labute approximate surface area is 130 Å². The summed E-state index contributed by atoms with van der Waals surface area (Å²) in [4.78, 5) is 26.3. The number of likely N-dealkylation sites (tertiary alicyclic amines) is 1. The smallest absolute Gasteiger partial charge is 0.252 e. The van der Waals surface area contributed by atoms with Crippen molar-refractivity contribution in [3.05, 3.63) is 22.4 Å². The average Bonchev–Trinajstić information content (AvgIpc) is 3.03. The van der Waals surface area contributed by atoms with Gasteiger partial charge in [-0.05, 0) is 37.1 Å². The van der Waals surface area contributed by atoms with Crippen LogP contribution in [0.3, 0.4) is 0 Å². The molecular weight excluding hydrogens is 284 g/mol. The Morgan fingerprint density at radius 1 is 1.33 bits per heavy atom. The standard InChI is InChI=1S/C16H24N2O2S/c1-3-12(4-2)16(20)18-8-5-14(6-9-18)17-15(19)13-7-10-21-11-13/h7,10-12,14H,3-6,8-9H2,1-2H3,(H,17,19). The van der Waals surface area contributed by atoms with Gasteiger partial charge in [-0.3, -0.25) is 9.59 Å². The average molecular weight is 308 g/mol. The van der Waals surface area contributed by atoms with Gasteiger partial charge in [-0.1, -0.05) is 13.8 Å². The number of piperidine rings is 1. The zero-order valence-corrected chi connectivity index (χ0v) is 13.6. The molecule has 0 spiro atoms. The molecule has 4 nitrogen and oxygen atoms in total. The molecule has 0 radical (unpaired) electrons. The van der Waals surface area contributed by atoms with Crippen molar-refractivity contribution < 1.29 is 9.59 Å². The summed E-state index contributed by atoms with van der Waals surface area (Å²) in [6.45, 7) is 5.65. The van der Waals surface area contributed by atoms with E-state index in [4.69, 9.17) is 0 Å². The Balaban J connectivity index is 1.80. The predicted molar refractivity (Wildman–Crippen MR) is 85.5 cm³/mol. The van der Waals surface area contributed by atoms with Crippen LogP contribution in [0.5, 0.6) is 0 Å². The van der Waals surface area contributed by atoms with Crippen LogP contribution in [0.1, 0.15) is 49.9 Å². The van der Waals surface area contributed by atoms with Gasteiger partial charge in [0.25, 0.3) is 5.91 Å². The van der Waals surface area contributed by atoms with Gasteiger partial charge in [0.2, 0.25) is 5.91 Å². The number of rotatable bonds is 5. The molecule has 0 saturated carbocycles. The van der Waals surface area contributed by atoms with Gasteiger partial charge in [-0.15, -0.1) is 0 Å². The Kier molecular flexibility index (Phi) is 5.79. The SMILES string of the molecule is CCC(CC)C(=O)N1CCC(NC(=O)c2ccsc2)CC1. The second-order valence-electron chi connectivity index (χ2n) is 5.60. The highest BCUT2D eigenvalue weighted by molar-refractivity contribution is 7.08. The van der Waals surface area contributed by atoms with E-state index in [1.807, 2.05) is 21.7 Å². The van der Waals surface area contributed by atoms with Crippen molar-refractivity contribution in [1.29, 1.82) is 0 Å². The van der Waals surface area contributed by atoms with Crippen LogP contribution in [-0.4, -0.2) is 35.8 Å². The van der Waals surface area contributed by atoms with Gasteiger partial charge in [-0.2, -0.15) is 11.3 Å². The summed E-state index contributed by atoms with van der Waals surface area (Å²) in [5.41, 5.74) is 0.732. The van der Waals surface area contributed by atoms with E-state index >= 15 is 0 Å². The summed E-state index contributed by atoms with van der Waals surface area (Å²) in [6, 6.07) is 2.02. The number of nitrogens with zero attached hydrogens (tertiary/aromatic N) is 1. The lowest BCUT2D eigenvalue weighted by Gasteiger charge is -2.34. The minimum atomic E-state index is 0.000944. The highest BCUT2D eigenvalue weighted by atomic mass is 32.1. The topological polar surface area (TPSA) is 49.4 Å². The third-order valence-electron chi connectivity index (χ3n) is 4.26. The Bertz CT molecular complexity index is 461. The van der Waals surface area contributed by atoms with E-state index in [0.29, 0.717) is 0 Å². The van der Waals surface area contributed by atoms with E-state index in [2.05, 4.69) is 19.2 Å². The number of nitrogens with one attached hydrogen (secondary N) is 1. The van der Waals surface area contributed by atoms with Gasteiger partial charge in [0.15, 0.2) is 0 Å². The summed E-state index contributed by atoms with van der Waals surface area (Å²) in [7, 11) is 0. The van der Waals surface area contributed by atoms with Crippen molar-refractivity contribution in [3.8, 4) is 0 Å². The Hall–Kier alpha value is -1.36. The zero-order valence-electron chi connectivity index (χ0n) is 12.8. The van der Waals surface area contributed by atoms with E-state index in [1.165, 1.54) is 11.3 Å². The molecule has 0 aliphatic carbocycles. The molecule has 5 heteroatoms.